The summed E-state index contributed by atoms with van der Waals surface area (Å²) in [6.45, 7) is 5.49. The Balaban J connectivity index is 2.56. The van der Waals surface area contributed by atoms with Crippen molar-refractivity contribution in [1.82, 2.24) is 4.90 Å². The quantitative estimate of drug-likeness (QED) is 0.718. The Hall–Kier alpha value is -1.39. The zero-order chi connectivity index (χ0) is 15.0. The van der Waals surface area contributed by atoms with Gasteiger partial charge in [-0.1, -0.05) is 38.0 Å². The monoisotopic (exact) mass is 277 g/mol. The molecule has 1 amide bonds. The second kappa shape index (κ2) is 8.72. The largest absolute Gasteiger partial charge is 0.326 e. The lowest BCUT2D eigenvalue weighted by Gasteiger charge is -2.24. The van der Waals surface area contributed by atoms with Crippen molar-refractivity contribution in [3.8, 4) is 0 Å². The number of likely N-dealkylation sites (N-methyl/N-ethyl adjacent to an activating group) is 1. The SMILES string of the molecule is CCCCCN(C)C(C)C(=O)Nc1ccccc1CN. The third-order valence-corrected chi connectivity index (χ3v) is 3.65. The number of anilines is 1. The van der Waals surface area contributed by atoms with Crippen molar-refractivity contribution in [3.63, 3.8) is 0 Å². The van der Waals surface area contributed by atoms with Gasteiger partial charge < -0.3 is 11.1 Å². The van der Waals surface area contributed by atoms with Gasteiger partial charge in [0, 0.05) is 12.2 Å². The number of rotatable bonds is 8. The van der Waals surface area contributed by atoms with E-state index in [2.05, 4.69) is 17.1 Å². The summed E-state index contributed by atoms with van der Waals surface area (Å²) >= 11 is 0. The number of carbonyl (C=O) groups excluding carboxylic acids is 1. The summed E-state index contributed by atoms with van der Waals surface area (Å²) in [5.41, 5.74) is 7.46. The molecular weight excluding hydrogens is 250 g/mol. The molecule has 112 valence electrons. The summed E-state index contributed by atoms with van der Waals surface area (Å²) in [6.07, 6.45) is 3.52. The van der Waals surface area contributed by atoms with Gasteiger partial charge in [0.05, 0.1) is 6.04 Å². The van der Waals surface area contributed by atoms with Crippen LogP contribution in [0.25, 0.3) is 0 Å². The Morgan fingerprint density at radius 1 is 1.35 bits per heavy atom. The van der Waals surface area contributed by atoms with Crippen molar-refractivity contribution in [2.45, 2.75) is 45.7 Å². The Bertz CT molecular complexity index is 420. The highest BCUT2D eigenvalue weighted by molar-refractivity contribution is 5.95. The van der Waals surface area contributed by atoms with Crippen molar-refractivity contribution >= 4 is 11.6 Å². The Morgan fingerprint density at radius 2 is 2.05 bits per heavy atom. The summed E-state index contributed by atoms with van der Waals surface area (Å²) in [5.74, 6) is 0.0184. The fraction of sp³-hybridized carbons (Fsp3) is 0.562. The molecule has 0 heterocycles. The van der Waals surface area contributed by atoms with Gasteiger partial charge in [0.25, 0.3) is 0 Å². The molecule has 3 N–H and O–H groups in total. The predicted molar refractivity (Wildman–Crippen MR) is 84.6 cm³/mol. The molecular formula is C16H27N3O. The zero-order valence-electron chi connectivity index (χ0n) is 12.9. The summed E-state index contributed by atoms with van der Waals surface area (Å²) in [7, 11) is 1.99. The van der Waals surface area contributed by atoms with Crippen LogP contribution in [0.2, 0.25) is 0 Å². The zero-order valence-corrected chi connectivity index (χ0v) is 12.9. The van der Waals surface area contributed by atoms with Gasteiger partial charge in [-0.05, 0) is 38.6 Å². The second-order valence-electron chi connectivity index (χ2n) is 5.21. The van der Waals surface area contributed by atoms with Crippen LogP contribution < -0.4 is 11.1 Å². The van der Waals surface area contributed by atoms with Gasteiger partial charge in [0.15, 0.2) is 0 Å². The van der Waals surface area contributed by atoms with Crippen LogP contribution in [0.1, 0.15) is 38.7 Å². The van der Waals surface area contributed by atoms with Crippen LogP contribution in [0.5, 0.6) is 0 Å². The number of amides is 1. The normalized spacial score (nSPS) is 12.4. The maximum atomic E-state index is 12.3. The van der Waals surface area contributed by atoms with Crippen LogP contribution in [0.4, 0.5) is 5.69 Å². The fourth-order valence-corrected chi connectivity index (χ4v) is 2.06. The lowest BCUT2D eigenvalue weighted by molar-refractivity contribution is -0.120. The first kappa shape index (κ1) is 16.7. The molecule has 0 aromatic heterocycles. The van der Waals surface area contributed by atoms with Crippen LogP contribution in [-0.2, 0) is 11.3 Å². The molecule has 1 unspecified atom stereocenters. The van der Waals surface area contributed by atoms with Gasteiger partial charge in [-0.25, -0.2) is 0 Å². The van der Waals surface area contributed by atoms with E-state index >= 15 is 0 Å². The lowest BCUT2D eigenvalue weighted by Crippen LogP contribution is -2.40. The average Bonchev–Trinajstić information content (AvgIpc) is 2.47. The van der Waals surface area contributed by atoms with E-state index in [9.17, 15) is 4.79 Å². The molecule has 0 aliphatic rings. The number of benzene rings is 1. The minimum Gasteiger partial charge on any atom is -0.326 e. The summed E-state index contributed by atoms with van der Waals surface area (Å²) < 4.78 is 0. The van der Waals surface area contributed by atoms with Crippen molar-refractivity contribution < 1.29 is 4.79 Å². The van der Waals surface area contributed by atoms with Crippen LogP contribution in [-0.4, -0.2) is 30.4 Å². The molecule has 1 aromatic rings. The van der Waals surface area contributed by atoms with E-state index in [0.717, 1.165) is 24.2 Å². The van der Waals surface area contributed by atoms with Gasteiger partial charge in [-0.15, -0.1) is 0 Å². The standard InChI is InChI=1S/C16H27N3O/c1-4-5-8-11-19(3)13(2)16(20)18-15-10-7-6-9-14(15)12-17/h6-7,9-10,13H,4-5,8,11-12,17H2,1-3H3,(H,18,20). The topological polar surface area (TPSA) is 58.4 Å². The van der Waals surface area contributed by atoms with Crippen molar-refractivity contribution in [2.24, 2.45) is 5.73 Å². The Kier molecular flexibility index (Phi) is 7.26. The van der Waals surface area contributed by atoms with Crippen molar-refractivity contribution in [2.75, 3.05) is 18.9 Å². The number of nitrogens with two attached hydrogens (primary N) is 1. The van der Waals surface area contributed by atoms with E-state index in [0.29, 0.717) is 6.54 Å². The molecule has 0 fully saturated rings. The number of carbonyl (C=O) groups is 1. The minimum atomic E-state index is -0.141. The highest BCUT2D eigenvalue weighted by Gasteiger charge is 2.18. The molecule has 1 aromatic carbocycles. The van der Waals surface area contributed by atoms with Gasteiger partial charge in [0.2, 0.25) is 5.91 Å². The summed E-state index contributed by atoms with van der Waals surface area (Å²) in [4.78, 5) is 14.4. The van der Waals surface area contributed by atoms with Crippen LogP contribution >= 0.6 is 0 Å². The smallest absolute Gasteiger partial charge is 0.241 e. The van der Waals surface area contributed by atoms with E-state index in [-0.39, 0.29) is 11.9 Å². The molecule has 20 heavy (non-hydrogen) atoms. The van der Waals surface area contributed by atoms with E-state index < -0.39 is 0 Å². The number of nitrogens with zero attached hydrogens (tertiary/aromatic N) is 1. The minimum absolute atomic E-state index is 0.0184. The first-order valence-corrected chi connectivity index (χ1v) is 7.39. The summed E-state index contributed by atoms with van der Waals surface area (Å²) in [5, 5.41) is 2.97. The number of hydrogen-bond acceptors (Lipinski definition) is 3. The third-order valence-electron chi connectivity index (χ3n) is 3.65. The molecule has 1 rings (SSSR count). The third kappa shape index (κ3) is 4.94. The van der Waals surface area contributed by atoms with Crippen molar-refractivity contribution in [3.05, 3.63) is 29.8 Å². The van der Waals surface area contributed by atoms with Gasteiger partial charge in [0.1, 0.15) is 0 Å². The Labute approximate surface area is 122 Å². The Morgan fingerprint density at radius 3 is 2.70 bits per heavy atom. The number of para-hydroxylation sites is 1. The van der Waals surface area contributed by atoms with Gasteiger partial charge in [-0.3, -0.25) is 9.69 Å². The summed E-state index contributed by atoms with van der Waals surface area (Å²) in [6, 6.07) is 7.52. The second-order valence-corrected chi connectivity index (χ2v) is 5.21. The predicted octanol–water partition coefficient (Wildman–Crippen LogP) is 2.59. The van der Waals surface area contributed by atoms with Gasteiger partial charge >= 0.3 is 0 Å². The molecule has 1 atom stereocenters. The molecule has 4 heteroatoms. The number of unbranched alkanes of at least 4 members (excludes halogenated alkanes) is 2. The molecule has 0 aliphatic carbocycles. The first-order valence-electron chi connectivity index (χ1n) is 7.39. The first-order chi connectivity index (χ1) is 9.60. The molecule has 0 spiro atoms. The van der Waals surface area contributed by atoms with Crippen LogP contribution in [0.3, 0.4) is 0 Å². The maximum absolute atomic E-state index is 12.3. The molecule has 0 aliphatic heterocycles. The van der Waals surface area contributed by atoms with Gasteiger partial charge in [-0.2, -0.15) is 0 Å². The van der Waals surface area contributed by atoms with Crippen LogP contribution in [0.15, 0.2) is 24.3 Å². The van der Waals surface area contributed by atoms with Crippen molar-refractivity contribution in [1.29, 1.82) is 0 Å². The average molecular weight is 277 g/mol. The highest BCUT2D eigenvalue weighted by Crippen LogP contribution is 2.15. The van der Waals surface area contributed by atoms with E-state index in [4.69, 9.17) is 5.73 Å². The van der Waals surface area contributed by atoms with E-state index in [1.165, 1.54) is 12.8 Å². The molecule has 0 bridgehead atoms. The number of hydrogen-bond donors (Lipinski definition) is 2. The molecule has 0 radical (unpaired) electrons. The highest BCUT2D eigenvalue weighted by atomic mass is 16.2. The fourth-order valence-electron chi connectivity index (χ4n) is 2.06. The van der Waals surface area contributed by atoms with E-state index in [1.54, 1.807) is 0 Å². The van der Waals surface area contributed by atoms with Crippen LogP contribution in [0, 0.1) is 0 Å². The maximum Gasteiger partial charge on any atom is 0.241 e. The molecule has 0 saturated carbocycles. The lowest BCUT2D eigenvalue weighted by atomic mass is 10.1. The van der Waals surface area contributed by atoms with E-state index in [1.807, 2.05) is 38.2 Å². The molecule has 0 saturated heterocycles. The number of nitrogens with one attached hydrogen (secondary N) is 1. The molecule has 4 nitrogen and oxygen atoms in total.